The van der Waals surface area contributed by atoms with Gasteiger partial charge in [0, 0.05) is 12.3 Å². The first-order valence-electron chi connectivity index (χ1n) is 6.18. The number of nitrogens with zero attached hydrogens (tertiary/aromatic N) is 1. The molecule has 0 saturated carbocycles. The molecule has 0 aliphatic carbocycles. The number of hydrogen-bond donors (Lipinski definition) is 2. The minimum Gasteiger partial charge on any atom is -0.323 e. The van der Waals surface area contributed by atoms with E-state index in [0.29, 0.717) is 12.3 Å². The lowest BCUT2D eigenvalue weighted by Crippen LogP contribution is -2.47. The van der Waals surface area contributed by atoms with E-state index < -0.39 is 5.91 Å². The Morgan fingerprint density at radius 3 is 2.50 bits per heavy atom. The normalized spacial score (nSPS) is 14.2. The van der Waals surface area contributed by atoms with Crippen LogP contribution >= 0.6 is 11.8 Å². The second-order valence-corrected chi connectivity index (χ2v) is 5.34. The molecule has 1 aliphatic rings. The van der Waals surface area contributed by atoms with Crippen LogP contribution in [-0.2, 0) is 16.0 Å². The molecule has 0 atom stereocenters. The number of benzene rings is 1. The molecule has 1 aliphatic heterocycles. The van der Waals surface area contributed by atoms with Gasteiger partial charge in [0.25, 0.3) is 11.1 Å². The zero-order valence-corrected chi connectivity index (χ0v) is 11.6. The fourth-order valence-electron chi connectivity index (χ4n) is 1.75. The first kappa shape index (κ1) is 14.4. The Bertz CT molecular complexity index is 507. The number of thioether (sulfide) groups is 1. The van der Waals surface area contributed by atoms with E-state index >= 15 is 0 Å². The van der Waals surface area contributed by atoms with E-state index in [4.69, 9.17) is 0 Å². The third-order valence-electron chi connectivity index (χ3n) is 2.73. The lowest BCUT2D eigenvalue weighted by molar-refractivity contribution is -0.128. The molecule has 0 unspecified atom stereocenters. The zero-order valence-electron chi connectivity index (χ0n) is 10.8. The van der Waals surface area contributed by atoms with Crippen molar-refractivity contribution in [3.63, 3.8) is 0 Å². The van der Waals surface area contributed by atoms with E-state index in [9.17, 15) is 14.4 Å². The molecule has 0 spiro atoms. The average Bonchev–Trinajstić information content (AvgIpc) is 2.83. The molecule has 0 radical (unpaired) electrons. The van der Waals surface area contributed by atoms with Gasteiger partial charge in [0.1, 0.15) is 6.54 Å². The molecule has 1 saturated heterocycles. The Labute approximate surface area is 120 Å². The topological polar surface area (TPSA) is 78.5 Å². The average molecular weight is 293 g/mol. The third-order valence-corrected chi connectivity index (χ3v) is 3.62. The quantitative estimate of drug-likeness (QED) is 0.795. The Morgan fingerprint density at radius 1 is 1.15 bits per heavy atom. The highest BCUT2D eigenvalue weighted by Gasteiger charge is 2.23. The van der Waals surface area contributed by atoms with Gasteiger partial charge in [0.2, 0.25) is 5.91 Å². The maximum atomic E-state index is 11.6. The van der Waals surface area contributed by atoms with Crippen LogP contribution in [0.1, 0.15) is 5.56 Å². The largest absolute Gasteiger partial charge is 0.323 e. The molecule has 3 amide bonds. The summed E-state index contributed by atoms with van der Waals surface area (Å²) in [5, 5.41) is -0.101. The van der Waals surface area contributed by atoms with Crippen LogP contribution in [0.5, 0.6) is 0 Å². The predicted molar refractivity (Wildman–Crippen MR) is 75.9 cm³/mol. The highest BCUT2D eigenvalue weighted by atomic mass is 32.2. The Kier molecular flexibility index (Phi) is 5.00. The highest BCUT2D eigenvalue weighted by molar-refractivity contribution is 8.13. The van der Waals surface area contributed by atoms with Crippen LogP contribution < -0.4 is 10.9 Å². The van der Waals surface area contributed by atoms with Gasteiger partial charge >= 0.3 is 0 Å². The summed E-state index contributed by atoms with van der Waals surface area (Å²) in [7, 11) is 0. The number of amides is 3. The molecule has 106 valence electrons. The Hall–Kier alpha value is -2.02. The van der Waals surface area contributed by atoms with E-state index in [1.807, 2.05) is 30.3 Å². The summed E-state index contributed by atoms with van der Waals surface area (Å²) in [5.74, 6) is 0.000813. The number of hydrogen-bond acceptors (Lipinski definition) is 4. The van der Waals surface area contributed by atoms with Crippen molar-refractivity contribution in [2.24, 2.45) is 0 Å². The molecular weight excluding hydrogens is 278 g/mol. The predicted octanol–water partition coefficient (Wildman–Crippen LogP) is 0.545. The van der Waals surface area contributed by atoms with Gasteiger partial charge in [0.05, 0.1) is 6.42 Å². The van der Waals surface area contributed by atoms with Crippen molar-refractivity contribution in [2.45, 2.75) is 6.42 Å². The smallest absolute Gasteiger partial charge is 0.282 e. The van der Waals surface area contributed by atoms with E-state index in [0.717, 1.165) is 5.56 Å². The molecular formula is C13H15N3O3S. The van der Waals surface area contributed by atoms with Crippen molar-refractivity contribution in [2.75, 3.05) is 18.8 Å². The standard InChI is InChI=1S/C13H15N3O3S/c17-11(8-10-4-2-1-3-5-10)14-15-12(18)9-16-6-7-20-13(16)19/h1-5H,6-9H2,(H,14,17)(H,15,18). The fourth-order valence-corrected chi connectivity index (χ4v) is 2.57. The zero-order chi connectivity index (χ0) is 14.4. The summed E-state index contributed by atoms with van der Waals surface area (Å²) in [5.41, 5.74) is 5.51. The molecule has 1 fully saturated rings. The van der Waals surface area contributed by atoms with Crippen LogP contribution in [0.4, 0.5) is 4.79 Å². The maximum Gasteiger partial charge on any atom is 0.282 e. The van der Waals surface area contributed by atoms with Gasteiger partial charge in [-0.2, -0.15) is 0 Å². The minimum atomic E-state index is -0.401. The van der Waals surface area contributed by atoms with Crippen molar-refractivity contribution < 1.29 is 14.4 Å². The number of nitrogens with one attached hydrogen (secondary N) is 2. The Balaban J connectivity index is 1.70. The van der Waals surface area contributed by atoms with Crippen LogP contribution in [0, 0.1) is 0 Å². The van der Waals surface area contributed by atoms with Gasteiger partial charge in [-0.25, -0.2) is 0 Å². The van der Waals surface area contributed by atoms with E-state index in [1.54, 1.807) is 0 Å². The SMILES string of the molecule is O=C(Cc1ccccc1)NNC(=O)CN1CCSC1=O. The molecule has 2 rings (SSSR count). The molecule has 7 heteroatoms. The second kappa shape index (κ2) is 6.95. The lowest BCUT2D eigenvalue weighted by atomic mass is 10.1. The summed E-state index contributed by atoms with van der Waals surface area (Å²) in [4.78, 5) is 35.9. The van der Waals surface area contributed by atoms with Crippen LogP contribution in [-0.4, -0.2) is 40.8 Å². The fraction of sp³-hybridized carbons (Fsp3) is 0.308. The summed E-state index contributed by atoms with van der Waals surface area (Å²) in [6.07, 6.45) is 0.194. The van der Waals surface area contributed by atoms with Gasteiger partial charge < -0.3 is 4.90 Å². The number of carbonyl (C=O) groups excluding carboxylic acids is 3. The monoisotopic (exact) mass is 293 g/mol. The first-order valence-corrected chi connectivity index (χ1v) is 7.17. The minimum absolute atomic E-state index is 0.0303. The summed E-state index contributed by atoms with van der Waals surface area (Å²) >= 11 is 1.19. The van der Waals surface area contributed by atoms with Crippen molar-refractivity contribution in [1.29, 1.82) is 0 Å². The van der Waals surface area contributed by atoms with Gasteiger partial charge in [-0.15, -0.1) is 0 Å². The highest BCUT2D eigenvalue weighted by Crippen LogP contribution is 2.16. The molecule has 1 aromatic carbocycles. The molecule has 0 bridgehead atoms. The van der Waals surface area contributed by atoms with Crippen molar-refractivity contribution in [3.05, 3.63) is 35.9 Å². The van der Waals surface area contributed by atoms with E-state index in [-0.39, 0.29) is 24.1 Å². The van der Waals surface area contributed by atoms with E-state index in [1.165, 1.54) is 16.7 Å². The molecule has 2 N–H and O–H groups in total. The van der Waals surface area contributed by atoms with Gasteiger partial charge in [-0.05, 0) is 5.56 Å². The van der Waals surface area contributed by atoms with Crippen LogP contribution in [0.2, 0.25) is 0 Å². The van der Waals surface area contributed by atoms with Gasteiger partial charge in [-0.3, -0.25) is 25.2 Å². The lowest BCUT2D eigenvalue weighted by Gasteiger charge is -2.14. The Morgan fingerprint density at radius 2 is 1.85 bits per heavy atom. The van der Waals surface area contributed by atoms with Crippen molar-refractivity contribution >= 4 is 28.8 Å². The van der Waals surface area contributed by atoms with Crippen LogP contribution in [0.15, 0.2) is 30.3 Å². The molecule has 0 aromatic heterocycles. The number of hydrazine groups is 1. The molecule has 1 aromatic rings. The van der Waals surface area contributed by atoms with Crippen LogP contribution in [0.25, 0.3) is 0 Å². The third kappa shape index (κ3) is 4.27. The summed E-state index contributed by atoms with van der Waals surface area (Å²) in [6.45, 7) is 0.534. The van der Waals surface area contributed by atoms with Crippen molar-refractivity contribution in [1.82, 2.24) is 15.8 Å². The summed E-state index contributed by atoms with van der Waals surface area (Å²) in [6, 6.07) is 9.23. The van der Waals surface area contributed by atoms with Gasteiger partial charge in [-0.1, -0.05) is 42.1 Å². The van der Waals surface area contributed by atoms with Crippen LogP contribution in [0.3, 0.4) is 0 Å². The number of carbonyl (C=O) groups is 3. The summed E-state index contributed by atoms with van der Waals surface area (Å²) < 4.78 is 0. The second-order valence-electron chi connectivity index (χ2n) is 4.29. The molecule has 20 heavy (non-hydrogen) atoms. The molecule has 6 nitrogen and oxygen atoms in total. The van der Waals surface area contributed by atoms with Gasteiger partial charge in [0.15, 0.2) is 0 Å². The first-order chi connectivity index (χ1) is 9.65. The number of rotatable bonds is 4. The molecule has 1 heterocycles. The van der Waals surface area contributed by atoms with E-state index in [2.05, 4.69) is 10.9 Å². The van der Waals surface area contributed by atoms with Crippen molar-refractivity contribution in [3.8, 4) is 0 Å². The maximum absolute atomic E-state index is 11.6.